The zero-order chi connectivity index (χ0) is 16.4. The molecular weight excluding hydrogens is 290 g/mol. The number of carbonyl (C=O) groups is 1. The molecule has 0 aliphatic heterocycles. The van der Waals surface area contributed by atoms with E-state index in [0.29, 0.717) is 17.2 Å². The average molecular weight is 311 g/mol. The maximum Gasteiger partial charge on any atom is 0.254 e. The van der Waals surface area contributed by atoms with Crippen LogP contribution in [-0.2, 0) is 6.54 Å². The van der Waals surface area contributed by atoms with Crippen LogP contribution in [0.1, 0.15) is 41.6 Å². The zero-order valence-electron chi connectivity index (χ0n) is 13.3. The fourth-order valence-electron chi connectivity index (χ4n) is 3.21. The third kappa shape index (κ3) is 3.33. The number of aryl methyl sites for hydroxylation is 1. The molecule has 120 valence electrons. The van der Waals surface area contributed by atoms with Crippen LogP contribution in [0, 0.1) is 12.8 Å². The van der Waals surface area contributed by atoms with Gasteiger partial charge >= 0.3 is 0 Å². The minimum absolute atomic E-state index is 0.0304. The molecule has 1 aliphatic rings. The Balaban J connectivity index is 2.05. The van der Waals surface area contributed by atoms with Gasteiger partial charge in [-0.25, -0.2) is 0 Å². The Labute approximate surface area is 135 Å². The molecule has 2 heterocycles. The molecular formula is C18H21N3O2. The van der Waals surface area contributed by atoms with E-state index in [0.717, 1.165) is 12.1 Å². The van der Waals surface area contributed by atoms with Crippen LogP contribution < -0.4 is 11.2 Å². The van der Waals surface area contributed by atoms with Gasteiger partial charge in [-0.1, -0.05) is 18.9 Å². The molecule has 5 heteroatoms. The van der Waals surface area contributed by atoms with Gasteiger partial charge in [0.1, 0.15) is 5.56 Å². The van der Waals surface area contributed by atoms with Gasteiger partial charge in [-0.3, -0.25) is 14.6 Å². The highest BCUT2D eigenvalue weighted by Crippen LogP contribution is 2.26. The van der Waals surface area contributed by atoms with Crippen molar-refractivity contribution in [1.82, 2.24) is 9.55 Å². The standard InChI is InChI=1S/C18H21N3O2/c1-12-6-7-16(20-8-12)14-10-21(9-13-4-2-3-5-13)11-15(17(14)22)18(19)23/h6-8,10-11,13H,2-5,9H2,1H3,(H2,19,23). The van der Waals surface area contributed by atoms with E-state index < -0.39 is 5.91 Å². The number of aromatic nitrogens is 2. The molecule has 1 aliphatic carbocycles. The lowest BCUT2D eigenvalue weighted by atomic mass is 10.1. The van der Waals surface area contributed by atoms with Crippen molar-refractivity contribution in [2.45, 2.75) is 39.2 Å². The third-order valence-corrected chi connectivity index (χ3v) is 4.48. The summed E-state index contributed by atoms with van der Waals surface area (Å²) >= 11 is 0. The first-order valence-electron chi connectivity index (χ1n) is 8.01. The van der Waals surface area contributed by atoms with Crippen molar-refractivity contribution in [3.05, 3.63) is 52.1 Å². The minimum atomic E-state index is -0.691. The van der Waals surface area contributed by atoms with Gasteiger partial charge in [0.15, 0.2) is 0 Å². The lowest BCUT2D eigenvalue weighted by molar-refractivity contribution is 0.0998. The fraction of sp³-hybridized carbons (Fsp3) is 0.389. The number of rotatable bonds is 4. The van der Waals surface area contributed by atoms with Gasteiger partial charge in [0, 0.05) is 25.1 Å². The molecule has 0 bridgehead atoms. The number of nitrogens with two attached hydrogens (primary N) is 1. The quantitative estimate of drug-likeness (QED) is 0.942. The molecule has 1 fully saturated rings. The largest absolute Gasteiger partial charge is 0.365 e. The van der Waals surface area contributed by atoms with Gasteiger partial charge < -0.3 is 10.3 Å². The fourth-order valence-corrected chi connectivity index (χ4v) is 3.21. The second kappa shape index (κ2) is 6.36. The van der Waals surface area contributed by atoms with Gasteiger partial charge in [0.25, 0.3) is 5.91 Å². The average Bonchev–Trinajstić information content (AvgIpc) is 3.02. The van der Waals surface area contributed by atoms with Crippen LogP contribution in [0.25, 0.3) is 11.3 Å². The summed E-state index contributed by atoms with van der Waals surface area (Å²) < 4.78 is 1.92. The molecule has 0 saturated heterocycles. The van der Waals surface area contributed by atoms with Crippen molar-refractivity contribution in [3.63, 3.8) is 0 Å². The summed E-state index contributed by atoms with van der Waals surface area (Å²) in [6.45, 7) is 2.74. The van der Waals surface area contributed by atoms with Crippen LogP contribution in [0.5, 0.6) is 0 Å². The first kappa shape index (κ1) is 15.5. The first-order valence-corrected chi connectivity index (χ1v) is 8.01. The molecule has 1 amide bonds. The SMILES string of the molecule is Cc1ccc(-c2cn(CC3CCCC3)cc(C(N)=O)c2=O)nc1. The van der Waals surface area contributed by atoms with Gasteiger partial charge in [-0.2, -0.15) is 0 Å². The van der Waals surface area contributed by atoms with Crippen LogP contribution in [0.4, 0.5) is 0 Å². The van der Waals surface area contributed by atoms with Crippen molar-refractivity contribution in [2.24, 2.45) is 11.7 Å². The van der Waals surface area contributed by atoms with Crippen molar-refractivity contribution < 1.29 is 4.79 Å². The number of pyridine rings is 2. The third-order valence-electron chi connectivity index (χ3n) is 4.48. The smallest absolute Gasteiger partial charge is 0.254 e. The van der Waals surface area contributed by atoms with E-state index in [-0.39, 0.29) is 11.0 Å². The second-order valence-electron chi connectivity index (χ2n) is 6.35. The highest BCUT2D eigenvalue weighted by molar-refractivity contribution is 5.93. The molecule has 2 aromatic heterocycles. The zero-order valence-corrected chi connectivity index (χ0v) is 13.3. The summed E-state index contributed by atoms with van der Waals surface area (Å²) in [7, 11) is 0. The van der Waals surface area contributed by atoms with E-state index in [1.807, 2.05) is 17.6 Å². The summed E-state index contributed by atoms with van der Waals surface area (Å²) in [6, 6.07) is 3.71. The Morgan fingerprint density at radius 1 is 1.30 bits per heavy atom. The second-order valence-corrected chi connectivity index (χ2v) is 6.35. The van der Waals surface area contributed by atoms with E-state index in [4.69, 9.17) is 5.73 Å². The Hall–Kier alpha value is -2.43. The number of primary amides is 1. The van der Waals surface area contributed by atoms with Gasteiger partial charge in [0.05, 0.1) is 11.3 Å². The summed E-state index contributed by atoms with van der Waals surface area (Å²) in [5, 5.41) is 0. The summed E-state index contributed by atoms with van der Waals surface area (Å²) in [6.07, 6.45) is 9.98. The Bertz CT molecular complexity index is 772. The molecule has 0 unspecified atom stereocenters. The molecule has 2 N–H and O–H groups in total. The molecule has 3 rings (SSSR count). The minimum Gasteiger partial charge on any atom is -0.365 e. The molecule has 0 atom stereocenters. The molecule has 0 aromatic carbocycles. The molecule has 0 spiro atoms. The molecule has 1 saturated carbocycles. The van der Waals surface area contributed by atoms with Crippen LogP contribution in [-0.4, -0.2) is 15.5 Å². The maximum absolute atomic E-state index is 12.5. The highest BCUT2D eigenvalue weighted by atomic mass is 16.2. The number of hydrogen-bond donors (Lipinski definition) is 1. The van der Waals surface area contributed by atoms with E-state index >= 15 is 0 Å². The molecule has 2 aromatic rings. The van der Waals surface area contributed by atoms with E-state index in [1.54, 1.807) is 24.7 Å². The summed E-state index contributed by atoms with van der Waals surface area (Å²) in [5.74, 6) is -0.0961. The van der Waals surface area contributed by atoms with E-state index in [1.165, 1.54) is 25.7 Å². The summed E-state index contributed by atoms with van der Waals surface area (Å²) in [5.41, 5.74) is 7.09. The van der Waals surface area contributed by atoms with Crippen molar-refractivity contribution in [3.8, 4) is 11.3 Å². The van der Waals surface area contributed by atoms with Gasteiger partial charge in [-0.15, -0.1) is 0 Å². The molecule has 0 radical (unpaired) electrons. The predicted molar refractivity (Wildman–Crippen MR) is 89.1 cm³/mol. The lowest BCUT2D eigenvalue weighted by Crippen LogP contribution is -2.25. The monoisotopic (exact) mass is 311 g/mol. The number of nitrogens with zero attached hydrogens (tertiary/aromatic N) is 2. The van der Waals surface area contributed by atoms with Gasteiger partial charge in [-0.05, 0) is 37.3 Å². The van der Waals surface area contributed by atoms with E-state index in [2.05, 4.69) is 4.98 Å². The lowest BCUT2D eigenvalue weighted by Gasteiger charge is -2.15. The normalized spacial score (nSPS) is 15.0. The summed E-state index contributed by atoms with van der Waals surface area (Å²) in [4.78, 5) is 28.5. The van der Waals surface area contributed by atoms with Crippen molar-refractivity contribution in [2.75, 3.05) is 0 Å². The van der Waals surface area contributed by atoms with Crippen molar-refractivity contribution in [1.29, 1.82) is 0 Å². The van der Waals surface area contributed by atoms with Crippen LogP contribution in [0.3, 0.4) is 0 Å². The van der Waals surface area contributed by atoms with Crippen LogP contribution in [0.15, 0.2) is 35.5 Å². The predicted octanol–water partition coefficient (Wildman–Crippen LogP) is 2.51. The van der Waals surface area contributed by atoms with E-state index in [9.17, 15) is 9.59 Å². The first-order chi connectivity index (χ1) is 11.0. The van der Waals surface area contributed by atoms with Crippen molar-refractivity contribution >= 4 is 5.91 Å². The Kier molecular flexibility index (Phi) is 4.28. The van der Waals surface area contributed by atoms with Crippen LogP contribution >= 0.6 is 0 Å². The Morgan fingerprint density at radius 2 is 2.04 bits per heavy atom. The number of amides is 1. The maximum atomic E-state index is 12.5. The molecule has 23 heavy (non-hydrogen) atoms. The van der Waals surface area contributed by atoms with Gasteiger partial charge in [0.2, 0.25) is 5.43 Å². The van der Waals surface area contributed by atoms with Crippen LogP contribution in [0.2, 0.25) is 0 Å². The Morgan fingerprint density at radius 3 is 2.65 bits per heavy atom. The molecule has 5 nitrogen and oxygen atoms in total. The number of hydrogen-bond acceptors (Lipinski definition) is 3. The highest BCUT2D eigenvalue weighted by Gasteiger charge is 2.18. The topological polar surface area (TPSA) is 78.0 Å². The number of carbonyl (C=O) groups excluding carboxylic acids is 1.